The number of nitrogens with one attached hydrogen (secondary N) is 1. The van der Waals surface area contributed by atoms with Gasteiger partial charge in [0, 0.05) is 17.5 Å². The Labute approximate surface area is 136 Å². The maximum atomic E-state index is 11.2. The molecule has 23 heavy (non-hydrogen) atoms. The number of benzene rings is 1. The number of carbonyl (C=O) groups excluding carboxylic acids is 1. The van der Waals surface area contributed by atoms with E-state index in [4.69, 9.17) is 14.9 Å². The van der Waals surface area contributed by atoms with Crippen LogP contribution >= 0.6 is 0 Å². The Morgan fingerprint density at radius 3 is 2.87 bits per heavy atom. The van der Waals surface area contributed by atoms with Gasteiger partial charge in [0.05, 0.1) is 12.1 Å². The quantitative estimate of drug-likeness (QED) is 0.859. The number of aryl methyl sites for hydroxylation is 1. The van der Waals surface area contributed by atoms with Crippen LogP contribution in [-0.4, -0.2) is 24.7 Å². The normalized spacial score (nSPS) is 22.5. The zero-order valence-corrected chi connectivity index (χ0v) is 13.7. The number of rotatable bonds is 6. The predicted octanol–water partition coefficient (Wildman–Crippen LogP) is 2.68. The van der Waals surface area contributed by atoms with Gasteiger partial charge in [-0.1, -0.05) is 25.1 Å². The Hall–Kier alpha value is -1.85. The molecule has 1 aliphatic heterocycles. The highest BCUT2D eigenvalue weighted by molar-refractivity contribution is 5.82. The number of fused-ring (bicyclic) bond motifs is 1. The SMILES string of the molecule is CCc1c([C@H](C)NC[C@@H]2CC[C@H](C(N)=O)O2)oc2ccccc12. The van der Waals surface area contributed by atoms with Crippen LogP contribution in [0.2, 0.25) is 0 Å². The average molecular weight is 316 g/mol. The van der Waals surface area contributed by atoms with Crippen molar-refractivity contribution >= 4 is 16.9 Å². The zero-order chi connectivity index (χ0) is 16.4. The minimum Gasteiger partial charge on any atom is -0.459 e. The van der Waals surface area contributed by atoms with Crippen LogP contribution in [0.25, 0.3) is 11.0 Å². The Balaban J connectivity index is 1.67. The molecule has 124 valence electrons. The first-order valence-electron chi connectivity index (χ1n) is 8.28. The molecule has 0 aliphatic carbocycles. The Morgan fingerprint density at radius 2 is 2.17 bits per heavy atom. The first kappa shape index (κ1) is 16.0. The summed E-state index contributed by atoms with van der Waals surface area (Å²) in [5.41, 5.74) is 7.47. The number of hydrogen-bond donors (Lipinski definition) is 2. The van der Waals surface area contributed by atoms with Crippen LogP contribution in [-0.2, 0) is 16.0 Å². The van der Waals surface area contributed by atoms with E-state index in [-0.39, 0.29) is 18.1 Å². The number of nitrogens with two attached hydrogens (primary N) is 1. The van der Waals surface area contributed by atoms with Gasteiger partial charge in [-0.3, -0.25) is 4.79 Å². The van der Waals surface area contributed by atoms with Gasteiger partial charge in [-0.2, -0.15) is 0 Å². The van der Waals surface area contributed by atoms with Crippen LogP contribution in [0, 0.1) is 0 Å². The Kier molecular flexibility index (Phi) is 4.68. The lowest BCUT2D eigenvalue weighted by atomic mass is 10.0. The second-order valence-electron chi connectivity index (χ2n) is 6.15. The summed E-state index contributed by atoms with van der Waals surface area (Å²) in [6.45, 7) is 4.92. The van der Waals surface area contributed by atoms with Gasteiger partial charge in [-0.15, -0.1) is 0 Å². The highest BCUT2D eigenvalue weighted by Gasteiger charge is 2.29. The van der Waals surface area contributed by atoms with Crippen LogP contribution in [0.5, 0.6) is 0 Å². The summed E-state index contributed by atoms with van der Waals surface area (Å²) in [4.78, 5) is 11.2. The van der Waals surface area contributed by atoms with E-state index in [0.29, 0.717) is 13.0 Å². The van der Waals surface area contributed by atoms with E-state index >= 15 is 0 Å². The summed E-state index contributed by atoms with van der Waals surface area (Å²) in [6, 6.07) is 8.22. The van der Waals surface area contributed by atoms with Crippen molar-refractivity contribution in [3.8, 4) is 0 Å². The highest BCUT2D eigenvalue weighted by Crippen LogP contribution is 2.30. The van der Waals surface area contributed by atoms with E-state index in [2.05, 4.69) is 25.2 Å². The van der Waals surface area contributed by atoms with Crippen LogP contribution < -0.4 is 11.1 Å². The zero-order valence-electron chi connectivity index (χ0n) is 13.7. The lowest BCUT2D eigenvalue weighted by Gasteiger charge is -2.17. The molecule has 0 unspecified atom stereocenters. The first-order valence-corrected chi connectivity index (χ1v) is 8.28. The summed E-state index contributed by atoms with van der Waals surface area (Å²) in [6.07, 6.45) is 2.09. The molecule has 1 aromatic carbocycles. The van der Waals surface area contributed by atoms with E-state index in [9.17, 15) is 4.79 Å². The molecule has 1 fully saturated rings. The van der Waals surface area contributed by atoms with E-state index in [1.54, 1.807) is 0 Å². The maximum absolute atomic E-state index is 11.2. The van der Waals surface area contributed by atoms with Gasteiger partial charge in [0.15, 0.2) is 0 Å². The standard InChI is InChI=1S/C18H24N2O3/c1-3-13-14-6-4-5-7-15(14)23-17(13)11(2)20-10-12-8-9-16(22-12)18(19)21/h4-7,11-12,16,20H,3,8-10H2,1-2H3,(H2,19,21)/t11-,12-,16+/m0/s1. The Bertz CT molecular complexity index is 695. The van der Waals surface area contributed by atoms with Gasteiger partial charge in [-0.25, -0.2) is 0 Å². The van der Waals surface area contributed by atoms with Crippen molar-refractivity contribution in [2.75, 3.05) is 6.54 Å². The second kappa shape index (κ2) is 6.72. The third kappa shape index (κ3) is 3.26. The van der Waals surface area contributed by atoms with Gasteiger partial charge < -0.3 is 20.2 Å². The Morgan fingerprint density at radius 1 is 1.39 bits per heavy atom. The molecule has 3 rings (SSSR count). The van der Waals surface area contributed by atoms with E-state index in [1.807, 2.05) is 18.2 Å². The van der Waals surface area contributed by atoms with Crippen molar-refractivity contribution in [3.63, 3.8) is 0 Å². The molecular formula is C18H24N2O3. The molecule has 0 radical (unpaired) electrons. The van der Waals surface area contributed by atoms with Crippen molar-refractivity contribution in [2.24, 2.45) is 5.73 Å². The summed E-state index contributed by atoms with van der Waals surface area (Å²) in [7, 11) is 0. The third-order valence-corrected chi connectivity index (χ3v) is 4.55. The number of carbonyl (C=O) groups is 1. The van der Waals surface area contributed by atoms with Crippen LogP contribution in [0.3, 0.4) is 0 Å². The molecule has 2 heterocycles. The fourth-order valence-corrected chi connectivity index (χ4v) is 3.30. The molecule has 1 saturated heterocycles. The number of primary amides is 1. The predicted molar refractivity (Wildman–Crippen MR) is 89.1 cm³/mol. The average Bonchev–Trinajstić information content (AvgIpc) is 3.16. The first-order chi connectivity index (χ1) is 11.1. The van der Waals surface area contributed by atoms with Crippen molar-refractivity contribution in [1.82, 2.24) is 5.32 Å². The molecule has 1 aliphatic rings. The fraction of sp³-hybridized carbons (Fsp3) is 0.500. The van der Waals surface area contributed by atoms with Crippen LogP contribution in [0.1, 0.15) is 44.1 Å². The van der Waals surface area contributed by atoms with E-state index < -0.39 is 6.10 Å². The van der Waals surface area contributed by atoms with Crippen molar-refractivity contribution in [2.45, 2.75) is 51.4 Å². The largest absolute Gasteiger partial charge is 0.459 e. The molecule has 3 N–H and O–H groups in total. The van der Waals surface area contributed by atoms with Crippen molar-refractivity contribution in [1.29, 1.82) is 0 Å². The molecule has 1 amide bonds. The number of hydrogen-bond acceptors (Lipinski definition) is 4. The molecule has 1 aromatic heterocycles. The molecule has 5 nitrogen and oxygen atoms in total. The summed E-state index contributed by atoms with van der Waals surface area (Å²) in [5.74, 6) is 0.615. The van der Waals surface area contributed by atoms with Gasteiger partial charge in [0.1, 0.15) is 17.4 Å². The molecule has 5 heteroatoms. The van der Waals surface area contributed by atoms with Gasteiger partial charge in [0.2, 0.25) is 5.91 Å². The number of para-hydroxylation sites is 1. The van der Waals surface area contributed by atoms with Crippen molar-refractivity contribution < 1.29 is 13.9 Å². The van der Waals surface area contributed by atoms with Gasteiger partial charge in [-0.05, 0) is 32.3 Å². The number of furan rings is 1. The summed E-state index contributed by atoms with van der Waals surface area (Å²) >= 11 is 0. The smallest absolute Gasteiger partial charge is 0.246 e. The fourth-order valence-electron chi connectivity index (χ4n) is 3.30. The minimum absolute atomic E-state index is 0.0319. The number of amides is 1. The molecule has 0 saturated carbocycles. The topological polar surface area (TPSA) is 77.5 Å². The van der Waals surface area contributed by atoms with Crippen LogP contribution in [0.4, 0.5) is 0 Å². The molecule has 0 spiro atoms. The van der Waals surface area contributed by atoms with E-state index in [0.717, 1.165) is 24.2 Å². The molecule has 0 bridgehead atoms. The highest BCUT2D eigenvalue weighted by atomic mass is 16.5. The summed E-state index contributed by atoms with van der Waals surface area (Å²) in [5, 5.41) is 4.65. The van der Waals surface area contributed by atoms with E-state index in [1.165, 1.54) is 10.9 Å². The van der Waals surface area contributed by atoms with Crippen molar-refractivity contribution in [3.05, 3.63) is 35.6 Å². The van der Waals surface area contributed by atoms with Gasteiger partial charge in [0.25, 0.3) is 0 Å². The molecule has 2 aromatic rings. The molecular weight excluding hydrogens is 292 g/mol. The summed E-state index contributed by atoms with van der Waals surface area (Å²) < 4.78 is 11.7. The van der Waals surface area contributed by atoms with Crippen LogP contribution in [0.15, 0.2) is 28.7 Å². The lowest BCUT2D eigenvalue weighted by Crippen LogP contribution is -2.33. The lowest BCUT2D eigenvalue weighted by molar-refractivity contribution is -0.128. The third-order valence-electron chi connectivity index (χ3n) is 4.55. The monoisotopic (exact) mass is 316 g/mol. The second-order valence-corrected chi connectivity index (χ2v) is 6.15. The molecule has 3 atom stereocenters. The maximum Gasteiger partial charge on any atom is 0.246 e. The minimum atomic E-state index is -0.436. The number of ether oxygens (including phenoxy) is 1. The van der Waals surface area contributed by atoms with Gasteiger partial charge >= 0.3 is 0 Å².